The quantitative estimate of drug-likeness (QED) is 0.738. The number of carbonyl (C=O) groups excluding carboxylic acids is 1. The van der Waals surface area contributed by atoms with Crippen LogP contribution in [0.5, 0.6) is 0 Å². The molecule has 1 aliphatic rings. The summed E-state index contributed by atoms with van der Waals surface area (Å²) in [5.41, 5.74) is 3.49. The minimum atomic E-state index is -0.297. The van der Waals surface area contributed by atoms with Gasteiger partial charge in [0, 0.05) is 22.9 Å². The molecular formula is C19H15ClFN3O. The van der Waals surface area contributed by atoms with Gasteiger partial charge in [0.1, 0.15) is 11.6 Å². The summed E-state index contributed by atoms with van der Waals surface area (Å²) in [5, 5.41) is 8.01. The van der Waals surface area contributed by atoms with Gasteiger partial charge >= 0.3 is 0 Å². The first-order chi connectivity index (χ1) is 12.0. The number of hydrogen-bond acceptors (Lipinski definition) is 2. The lowest BCUT2D eigenvalue weighted by Crippen LogP contribution is -2.24. The lowest BCUT2D eigenvalue weighted by Gasteiger charge is -2.24. The highest BCUT2D eigenvalue weighted by atomic mass is 35.5. The fraction of sp³-hybridized carbons (Fsp3) is 0.158. The van der Waals surface area contributed by atoms with Crippen LogP contribution in [0.15, 0.2) is 48.7 Å². The summed E-state index contributed by atoms with van der Waals surface area (Å²) in [4.78, 5) is 12.3. The SMILES string of the molecule is Cc1c(Cl)cccc1-n1ncc2c1NC(=O)CC2c1ccc(F)cc1. The molecule has 0 saturated carbocycles. The van der Waals surface area contributed by atoms with Gasteiger partial charge in [-0.15, -0.1) is 0 Å². The first-order valence-electron chi connectivity index (χ1n) is 7.93. The van der Waals surface area contributed by atoms with Crippen molar-refractivity contribution in [1.82, 2.24) is 9.78 Å². The smallest absolute Gasteiger partial charge is 0.226 e. The lowest BCUT2D eigenvalue weighted by atomic mass is 9.87. The van der Waals surface area contributed by atoms with Gasteiger partial charge in [-0.2, -0.15) is 5.10 Å². The van der Waals surface area contributed by atoms with E-state index in [-0.39, 0.29) is 17.6 Å². The number of nitrogens with zero attached hydrogens (tertiary/aromatic N) is 2. The Balaban J connectivity index is 1.84. The van der Waals surface area contributed by atoms with Crippen LogP contribution in [0.2, 0.25) is 5.02 Å². The van der Waals surface area contributed by atoms with E-state index >= 15 is 0 Å². The largest absolute Gasteiger partial charge is 0.310 e. The molecule has 25 heavy (non-hydrogen) atoms. The van der Waals surface area contributed by atoms with Gasteiger partial charge < -0.3 is 5.32 Å². The summed E-state index contributed by atoms with van der Waals surface area (Å²) in [6.45, 7) is 1.91. The summed E-state index contributed by atoms with van der Waals surface area (Å²) in [7, 11) is 0. The number of halogens is 2. The van der Waals surface area contributed by atoms with Crippen molar-refractivity contribution < 1.29 is 9.18 Å². The first-order valence-corrected chi connectivity index (χ1v) is 8.31. The number of fused-ring (bicyclic) bond motifs is 1. The Morgan fingerprint density at radius 2 is 2.00 bits per heavy atom. The van der Waals surface area contributed by atoms with Gasteiger partial charge in [-0.25, -0.2) is 9.07 Å². The highest BCUT2D eigenvalue weighted by Crippen LogP contribution is 2.38. The van der Waals surface area contributed by atoms with Gasteiger partial charge in [-0.05, 0) is 42.3 Å². The van der Waals surface area contributed by atoms with E-state index in [1.54, 1.807) is 23.0 Å². The van der Waals surface area contributed by atoms with E-state index in [4.69, 9.17) is 11.6 Å². The molecule has 2 aromatic carbocycles. The second-order valence-electron chi connectivity index (χ2n) is 6.10. The van der Waals surface area contributed by atoms with Crippen molar-refractivity contribution in [3.05, 3.63) is 76.2 Å². The van der Waals surface area contributed by atoms with Crippen molar-refractivity contribution in [2.45, 2.75) is 19.3 Å². The van der Waals surface area contributed by atoms with Crippen molar-refractivity contribution in [3.63, 3.8) is 0 Å². The zero-order valence-corrected chi connectivity index (χ0v) is 14.2. The Hall–Kier alpha value is -2.66. The van der Waals surface area contributed by atoms with E-state index in [1.807, 2.05) is 25.1 Å². The van der Waals surface area contributed by atoms with Crippen LogP contribution < -0.4 is 5.32 Å². The van der Waals surface area contributed by atoms with Crippen LogP contribution in [0.25, 0.3) is 5.69 Å². The summed E-state index contributed by atoms with van der Waals surface area (Å²) in [5.74, 6) is 0.0891. The minimum Gasteiger partial charge on any atom is -0.310 e. The van der Waals surface area contributed by atoms with Gasteiger partial charge in [-0.3, -0.25) is 4.79 Å². The molecule has 0 bridgehead atoms. The fourth-order valence-corrected chi connectivity index (χ4v) is 3.39. The maximum Gasteiger partial charge on any atom is 0.226 e. The molecule has 4 nitrogen and oxygen atoms in total. The van der Waals surface area contributed by atoms with Gasteiger partial charge in [0.05, 0.1) is 11.9 Å². The van der Waals surface area contributed by atoms with Crippen LogP contribution in [0.1, 0.15) is 29.0 Å². The number of rotatable bonds is 2. The minimum absolute atomic E-state index is 0.0942. The molecule has 1 N–H and O–H groups in total. The maximum atomic E-state index is 13.2. The zero-order valence-electron chi connectivity index (χ0n) is 13.5. The van der Waals surface area contributed by atoms with E-state index in [0.717, 1.165) is 22.4 Å². The zero-order chi connectivity index (χ0) is 17.6. The molecule has 1 unspecified atom stereocenters. The number of amides is 1. The average Bonchev–Trinajstić information content (AvgIpc) is 3.01. The second kappa shape index (κ2) is 6.01. The Morgan fingerprint density at radius 3 is 2.76 bits per heavy atom. The van der Waals surface area contributed by atoms with Gasteiger partial charge in [0.25, 0.3) is 0 Å². The standard InChI is InChI=1S/C19H15ClFN3O/c1-11-16(20)3-2-4-17(11)24-19-15(10-22-24)14(9-18(25)23-19)12-5-7-13(21)8-6-12/h2-8,10,14H,9H2,1H3,(H,23,25). The van der Waals surface area contributed by atoms with Crippen LogP contribution in [0.4, 0.5) is 10.2 Å². The number of nitrogens with one attached hydrogen (secondary N) is 1. The van der Waals surface area contributed by atoms with Crippen molar-refractivity contribution in [2.24, 2.45) is 0 Å². The number of aromatic nitrogens is 2. The molecular weight excluding hydrogens is 341 g/mol. The monoisotopic (exact) mass is 355 g/mol. The van der Waals surface area contributed by atoms with Crippen molar-refractivity contribution in [2.75, 3.05) is 5.32 Å². The highest BCUT2D eigenvalue weighted by molar-refractivity contribution is 6.31. The molecule has 0 aliphatic carbocycles. The summed E-state index contributed by atoms with van der Waals surface area (Å²) >= 11 is 6.22. The molecule has 0 radical (unpaired) electrons. The maximum absolute atomic E-state index is 13.2. The second-order valence-corrected chi connectivity index (χ2v) is 6.51. The van der Waals surface area contributed by atoms with E-state index in [0.29, 0.717) is 17.3 Å². The number of hydrogen-bond donors (Lipinski definition) is 1. The molecule has 0 fully saturated rings. The predicted octanol–water partition coefficient (Wildman–Crippen LogP) is 4.45. The Kier molecular flexibility index (Phi) is 3.81. The third kappa shape index (κ3) is 2.70. The van der Waals surface area contributed by atoms with Crippen molar-refractivity contribution in [1.29, 1.82) is 0 Å². The summed E-state index contributed by atoms with van der Waals surface area (Å²) in [6.07, 6.45) is 2.06. The van der Waals surface area contributed by atoms with E-state index in [9.17, 15) is 9.18 Å². The van der Waals surface area contributed by atoms with Crippen LogP contribution in [0, 0.1) is 12.7 Å². The molecule has 2 heterocycles. The number of benzene rings is 2. The Bertz CT molecular complexity index is 965. The molecule has 0 spiro atoms. The molecule has 1 amide bonds. The topological polar surface area (TPSA) is 46.9 Å². The average molecular weight is 356 g/mol. The molecule has 6 heteroatoms. The molecule has 4 rings (SSSR count). The first kappa shape index (κ1) is 15.8. The number of carbonyl (C=O) groups is 1. The van der Waals surface area contributed by atoms with E-state index in [1.165, 1.54) is 12.1 Å². The molecule has 1 aliphatic heterocycles. The molecule has 3 aromatic rings. The Labute approximate surface area is 149 Å². The predicted molar refractivity (Wildman–Crippen MR) is 94.8 cm³/mol. The fourth-order valence-electron chi connectivity index (χ4n) is 3.22. The number of anilines is 1. The van der Waals surface area contributed by atoms with Gasteiger partial charge in [0.15, 0.2) is 0 Å². The third-order valence-corrected chi connectivity index (χ3v) is 4.97. The van der Waals surface area contributed by atoms with E-state index in [2.05, 4.69) is 10.4 Å². The Morgan fingerprint density at radius 1 is 1.24 bits per heavy atom. The summed E-state index contributed by atoms with van der Waals surface area (Å²) in [6, 6.07) is 11.8. The van der Waals surface area contributed by atoms with Gasteiger partial charge in [-0.1, -0.05) is 29.8 Å². The van der Waals surface area contributed by atoms with Gasteiger partial charge in [0.2, 0.25) is 5.91 Å². The normalized spacial score (nSPS) is 16.4. The highest BCUT2D eigenvalue weighted by Gasteiger charge is 2.30. The van der Waals surface area contributed by atoms with E-state index < -0.39 is 0 Å². The lowest BCUT2D eigenvalue weighted by molar-refractivity contribution is -0.116. The van der Waals surface area contributed by atoms with Crippen molar-refractivity contribution >= 4 is 23.3 Å². The summed E-state index contributed by atoms with van der Waals surface area (Å²) < 4.78 is 14.9. The molecule has 0 saturated heterocycles. The molecule has 1 atom stereocenters. The van der Waals surface area contributed by atoms with Crippen LogP contribution in [0.3, 0.4) is 0 Å². The van der Waals surface area contributed by atoms with Crippen LogP contribution >= 0.6 is 11.6 Å². The van der Waals surface area contributed by atoms with Crippen LogP contribution in [-0.2, 0) is 4.79 Å². The molecule has 126 valence electrons. The van der Waals surface area contributed by atoms with Crippen LogP contribution in [-0.4, -0.2) is 15.7 Å². The molecule has 1 aromatic heterocycles. The third-order valence-electron chi connectivity index (χ3n) is 4.56. The van der Waals surface area contributed by atoms with Crippen molar-refractivity contribution in [3.8, 4) is 5.69 Å².